The molecule has 0 radical (unpaired) electrons. The van der Waals surface area contributed by atoms with Crippen LogP contribution in [0, 0.1) is 0 Å². The molecule has 0 bridgehead atoms. The number of hydrogen-bond acceptors (Lipinski definition) is 9. The minimum Gasteiger partial charge on any atom is -0.461 e. The van der Waals surface area contributed by atoms with Crippen molar-refractivity contribution >= 4 is 47.7 Å². The Bertz CT molecular complexity index is 1330. The van der Waals surface area contributed by atoms with Gasteiger partial charge in [0.1, 0.15) is 16.5 Å². The van der Waals surface area contributed by atoms with E-state index >= 15 is 0 Å². The molecule has 3 aromatic rings. The van der Waals surface area contributed by atoms with E-state index in [1.165, 1.54) is 9.36 Å². The Morgan fingerprint density at radius 1 is 0.872 bits per heavy atom. The molecule has 1 aromatic carbocycles. The van der Waals surface area contributed by atoms with Crippen LogP contribution in [0.25, 0.3) is 0 Å². The number of nitrogens with zero attached hydrogens (tertiary/aromatic N) is 4. The summed E-state index contributed by atoms with van der Waals surface area (Å²) in [5, 5.41) is 8.80. The monoisotopic (exact) mass is 580 g/mol. The van der Waals surface area contributed by atoms with Gasteiger partial charge in [0.25, 0.3) is 0 Å². The number of ether oxygens (including phenoxy) is 3. The highest BCUT2D eigenvalue weighted by molar-refractivity contribution is 6.32. The molecule has 0 aliphatic carbocycles. The molecule has 3 rings (SSSR count). The first kappa shape index (κ1) is 31.5. The number of aromatic nitrogens is 4. The summed E-state index contributed by atoms with van der Waals surface area (Å²) in [6.07, 6.45) is 1.05. The molecule has 11 nitrogen and oxygen atoms in total. The highest BCUT2D eigenvalue weighted by Gasteiger charge is 2.27. The number of carbonyl (C=O) groups is 4. The van der Waals surface area contributed by atoms with Gasteiger partial charge >= 0.3 is 11.9 Å². The molecule has 2 heterocycles. The van der Waals surface area contributed by atoms with Crippen molar-refractivity contribution in [3.05, 3.63) is 57.0 Å². The molecule has 0 saturated carbocycles. The lowest BCUT2D eigenvalue weighted by molar-refractivity contribution is 0.0507. The number of halogens is 2. The van der Waals surface area contributed by atoms with E-state index in [4.69, 9.17) is 37.4 Å². The van der Waals surface area contributed by atoms with Gasteiger partial charge in [-0.15, -0.1) is 0 Å². The lowest BCUT2D eigenvalue weighted by Gasteiger charge is -2.12. The molecule has 0 spiro atoms. The van der Waals surface area contributed by atoms with Gasteiger partial charge in [0, 0.05) is 11.1 Å². The molecule has 0 amide bonds. The van der Waals surface area contributed by atoms with Crippen molar-refractivity contribution in [3.8, 4) is 11.6 Å². The van der Waals surface area contributed by atoms with Gasteiger partial charge in [-0.3, -0.25) is 9.59 Å². The summed E-state index contributed by atoms with van der Waals surface area (Å²) in [6.45, 7) is 11.2. The van der Waals surface area contributed by atoms with Crippen molar-refractivity contribution in [2.75, 3.05) is 13.2 Å². The van der Waals surface area contributed by atoms with Gasteiger partial charge in [0.2, 0.25) is 5.88 Å². The van der Waals surface area contributed by atoms with Crippen LogP contribution in [0.3, 0.4) is 0 Å². The Hall–Kier alpha value is -3.70. The van der Waals surface area contributed by atoms with E-state index in [1.54, 1.807) is 38.1 Å². The van der Waals surface area contributed by atoms with Crippen LogP contribution >= 0.6 is 23.2 Å². The van der Waals surface area contributed by atoms with Gasteiger partial charge in [-0.25, -0.2) is 19.0 Å². The Morgan fingerprint density at radius 3 is 1.85 bits per heavy atom. The molecule has 0 N–H and O–H groups in total. The van der Waals surface area contributed by atoms with E-state index < -0.39 is 11.9 Å². The van der Waals surface area contributed by atoms with E-state index in [9.17, 15) is 19.2 Å². The molecule has 0 unspecified atom stereocenters. The highest BCUT2D eigenvalue weighted by Crippen LogP contribution is 2.31. The maximum Gasteiger partial charge on any atom is 0.359 e. The van der Waals surface area contributed by atoms with Gasteiger partial charge in [-0.05, 0) is 59.7 Å². The first-order chi connectivity index (χ1) is 18.5. The summed E-state index contributed by atoms with van der Waals surface area (Å²) in [6, 6.07) is 6.58. The number of aldehydes is 2. The molecule has 210 valence electrons. The average Bonchev–Trinajstić information content (AvgIpc) is 3.42. The molecule has 0 aliphatic rings. The van der Waals surface area contributed by atoms with Gasteiger partial charge in [-0.2, -0.15) is 10.2 Å². The molecule has 0 aliphatic heterocycles. The Morgan fingerprint density at radius 2 is 1.38 bits per heavy atom. The molecule has 39 heavy (non-hydrogen) atoms. The third kappa shape index (κ3) is 7.67. The van der Waals surface area contributed by atoms with Crippen molar-refractivity contribution in [1.29, 1.82) is 0 Å². The topological polar surface area (TPSA) is 132 Å². The number of esters is 2. The summed E-state index contributed by atoms with van der Waals surface area (Å²) >= 11 is 11.9. The lowest BCUT2D eigenvalue weighted by Crippen LogP contribution is -2.09. The van der Waals surface area contributed by atoms with Gasteiger partial charge in [0.05, 0.1) is 24.8 Å². The first-order valence-electron chi connectivity index (χ1n) is 12.1. The van der Waals surface area contributed by atoms with Crippen LogP contribution in [0.5, 0.6) is 11.6 Å². The van der Waals surface area contributed by atoms with Crippen LogP contribution in [0.1, 0.15) is 95.3 Å². The summed E-state index contributed by atoms with van der Waals surface area (Å²) in [5.41, 5.74) is 0.0362. The van der Waals surface area contributed by atoms with E-state index in [1.807, 2.05) is 27.7 Å². The minimum absolute atomic E-state index is 0.0319. The van der Waals surface area contributed by atoms with Gasteiger partial charge < -0.3 is 14.2 Å². The lowest BCUT2D eigenvalue weighted by atomic mass is 10.2. The molecule has 0 fully saturated rings. The van der Waals surface area contributed by atoms with Crippen molar-refractivity contribution in [1.82, 2.24) is 19.6 Å². The molecule has 2 aromatic heterocycles. The predicted octanol–water partition coefficient (Wildman–Crippen LogP) is 6.01. The summed E-state index contributed by atoms with van der Waals surface area (Å²) in [7, 11) is 0. The van der Waals surface area contributed by atoms with Crippen molar-refractivity contribution < 1.29 is 33.4 Å². The van der Waals surface area contributed by atoms with Crippen molar-refractivity contribution in [3.63, 3.8) is 0 Å². The Balaban J connectivity index is 0.000000293. The molecular weight excluding hydrogens is 551 g/mol. The largest absolute Gasteiger partial charge is 0.461 e. The fraction of sp³-hybridized carbons (Fsp3) is 0.385. The number of rotatable bonds is 10. The first-order valence-corrected chi connectivity index (χ1v) is 12.8. The normalized spacial score (nSPS) is 10.6. The fourth-order valence-corrected chi connectivity index (χ4v) is 3.75. The van der Waals surface area contributed by atoms with Crippen LogP contribution in [0.2, 0.25) is 10.2 Å². The molecule has 0 atom stereocenters. The highest BCUT2D eigenvalue weighted by atomic mass is 35.5. The maximum atomic E-state index is 12.0. The quantitative estimate of drug-likeness (QED) is 0.209. The Labute approximate surface area is 235 Å². The summed E-state index contributed by atoms with van der Waals surface area (Å²) < 4.78 is 18.4. The molecule has 0 saturated heterocycles. The second kappa shape index (κ2) is 14.5. The standard InChI is InChI=1S/C16H17ClN2O4.C10H13ClN2O3/c1-4-22-16(21)14-13(9-20)15(19(18-14)10(2)3)23-12-7-5-6-11(17)8-12;1-4-16-10(15)8-7(5-14)9(11)13(12-8)6(2)3/h5-10H,4H2,1-3H3;5-6H,4H2,1-3H3. The predicted molar refractivity (Wildman–Crippen MR) is 144 cm³/mol. The van der Waals surface area contributed by atoms with Gasteiger partial charge in [0.15, 0.2) is 24.0 Å². The zero-order valence-electron chi connectivity index (χ0n) is 22.4. The second-order valence-corrected chi connectivity index (χ2v) is 9.23. The van der Waals surface area contributed by atoms with Crippen LogP contribution < -0.4 is 4.74 Å². The smallest absolute Gasteiger partial charge is 0.359 e. The van der Waals surface area contributed by atoms with E-state index in [0.717, 1.165) is 0 Å². The van der Waals surface area contributed by atoms with Crippen molar-refractivity contribution in [2.45, 2.75) is 53.6 Å². The van der Waals surface area contributed by atoms with E-state index in [-0.39, 0.29) is 58.8 Å². The summed E-state index contributed by atoms with van der Waals surface area (Å²) in [5.74, 6) is -0.672. The fourth-order valence-electron chi connectivity index (χ4n) is 3.21. The number of benzene rings is 1. The SMILES string of the molecule is CCOC(=O)c1nn(C(C)C)c(Cl)c1C=O.CCOC(=O)c1nn(C(C)C)c(Oc2cccc(Cl)c2)c1C=O. The third-order valence-corrected chi connectivity index (χ3v) is 5.56. The zero-order chi connectivity index (χ0) is 29.3. The third-order valence-electron chi connectivity index (χ3n) is 4.95. The van der Waals surface area contributed by atoms with E-state index in [2.05, 4.69) is 10.2 Å². The van der Waals surface area contributed by atoms with Crippen LogP contribution in [0.4, 0.5) is 0 Å². The maximum absolute atomic E-state index is 12.0. The Kier molecular flexibility index (Phi) is 11.7. The van der Waals surface area contributed by atoms with Crippen LogP contribution in [-0.2, 0) is 9.47 Å². The molecule has 13 heteroatoms. The second-order valence-electron chi connectivity index (χ2n) is 8.43. The molecular formula is C26H30Cl2N4O7. The minimum atomic E-state index is -0.662. The average molecular weight is 581 g/mol. The van der Waals surface area contributed by atoms with Crippen LogP contribution in [-0.4, -0.2) is 57.3 Å². The number of carbonyl (C=O) groups excluding carboxylic acids is 4. The van der Waals surface area contributed by atoms with Gasteiger partial charge in [-0.1, -0.05) is 29.3 Å². The van der Waals surface area contributed by atoms with Crippen molar-refractivity contribution in [2.24, 2.45) is 0 Å². The van der Waals surface area contributed by atoms with E-state index in [0.29, 0.717) is 23.3 Å². The zero-order valence-corrected chi connectivity index (χ0v) is 23.9. The number of hydrogen-bond donors (Lipinski definition) is 0. The van der Waals surface area contributed by atoms with Crippen LogP contribution in [0.15, 0.2) is 24.3 Å². The summed E-state index contributed by atoms with van der Waals surface area (Å²) in [4.78, 5) is 45.8.